The average molecular weight is 280 g/mol. The Morgan fingerprint density at radius 1 is 1.30 bits per heavy atom. The molecule has 0 aliphatic carbocycles. The summed E-state index contributed by atoms with van der Waals surface area (Å²) in [4.78, 5) is 37.0. The van der Waals surface area contributed by atoms with Crippen molar-refractivity contribution in [2.45, 2.75) is 19.9 Å². The Labute approximate surface area is 115 Å². The van der Waals surface area contributed by atoms with Gasteiger partial charge >= 0.3 is 12.0 Å². The Morgan fingerprint density at radius 2 is 2.00 bits per heavy atom. The van der Waals surface area contributed by atoms with Crippen molar-refractivity contribution in [1.82, 2.24) is 15.6 Å². The molecule has 3 amide bonds. The maximum absolute atomic E-state index is 11.5. The summed E-state index contributed by atoms with van der Waals surface area (Å²) in [6.45, 7) is 3.48. The lowest BCUT2D eigenvalue weighted by atomic mass is 10.3. The highest BCUT2D eigenvalue weighted by molar-refractivity contribution is 5.92. The van der Waals surface area contributed by atoms with Gasteiger partial charge in [-0.15, -0.1) is 0 Å². The Bertz CT molecular complexity index is 499. The van der Waals surface area contributed by atoms with Crippen LogP contribution in [0.4, 0.5) is 10.5 Å². The van der Waals surface area contributed by atoms with E-state index >= 15 is 0 Å². The van der Waals surface area contributed by atoms with Crippen molar-refractivity contribution in [3.05, 3.63) is 24.0 Å². The summed E-state index contributed by atoms with van der Waals surface area (Å²) >= 11 is 0. The van der Waals surface area contributed by atoms with Crippen molar-refractivity contribution in [3.8, 4) is 0 Å². The first-order valence-electron chi connectivity index (χ1n) is 5.92. The number of hydrogen-bond donors (Lipinski definition) is 4. The number of carboxylic acid groups (broad SMARTS) is 1. The Balaban J connectivity index is 2.42. The van der Waals surface area contributed by atoms with Gasteiger partial charge in [0.2, 0.25) is 5.91 Å². The maximum Gasteiger partial charge on any atom is 0.354 e. The van der Waals surface area contributed by atoms with Gasteiger partial charge in [-0.3, -0.25) is 4.79 Å². The predicted octanol–water partition coefficient (Wildman–Crippen LogP) is 0.426. The van der Waals surface area contributed by atoms with Crippen LogP contribution in [0, 0.1) is 0 Å². The van der Waals surface area contributed by atoms with E-state index in [4.69, 9.17) is 5.11 Å². The minimum Gasteiger partial charge on any atom is -0.477 e. The Morgan fingerprint density at radius 3 is 2.50 bits per heavy atom. The molecule has 1 aromatic heterocycles. The Kier molecular flexibility index (Phi) is 5.45. The number of aromatic nitrogens is 1. The molecule has 0 fully saturated rings. The second-order valence-electron chi connectivity index (χ2n) is 4.27. The molecule has 0 aliphatic heterocycles. The zero-order valence-electron chi connectivity index (χ0n) is 11.1. The molecule has 0 unspecified atom stereocenters. The number of carbonyl (C=O) groups excluding carboxylic acids is 2. The first-order valence-corrected chi connectivity index (χ1v) is 5.92. The van der Waals surface area contributed by atoms with Crippen LogP contribution in [0.3, 0.4) is 0 Å². The van der Waals surface area contributed by atoms with Gasteiger partial charge in [-0.2, -0.15) is 0 Å². The van der Waals surface area contributed by atoms with Crippen LogP contribution in [0.25, 0.3) is 0 Å². The predicted molar refractivity (Wildman–Crippen MR) is 71.5 cm³/mol. The van der Waals surface area contributed by atoms with Crippen LogP contribution in [-0.4, -0.2) is 40.6 Å². The standard InChI is InChI=1S/C12H16N4O4/c1-7(2)15-10(17)6-14-12(20)16-8-3-4-9(11(18)19)13-5-8/h3-5,7H,6H2,1-2H3,(H,15,17)(H,18,19)(H2,14,16,20). The van der Waals surface area contributed by atoms with E-state index in [2.05, 4.69) is 20.9 Å². The minimum absolute atomic E-state index is 0.000115. The molecule has 20 heavy (non-hydrogen) atoms. The van der Waals surface area contributed by atoms with Crippen LogP contribution in [-0.2, 0) is 4.79 Å². The number of rotatable bonds is 5. The van der Waals surface area contributed by atoms with Crippen molar-refractivity contribution in [1.29, 1.82) is 0 Å². The lowest BCUT2D eigenvalue weighted by Crippen LogP contribution is -2.41. The lowest BCUT2D eigenvalue weighted by Gasteiger charge is -2.10. The first-order chi connectivity index (χ1) is 9.38. The highest BCUT2D eigenvalue weighted by atomic mass is 16.4. The van der Waals surface area contributed by atoms with Crippen molar-refractivity contribution in [3.63, 3.8) is 0 Å². The van der Waals surface area contributed by atoms with Gasteiger partial charge in [0.25, 0.3) is 0 Å². The largest absolute Gasteiger partial charge is 0.477 e. The number of carbonyl (C=O) groups is 3. The molecular formula is C12H16N4O4. The zero-order valence-corrected chi connectivity index (χ0v) is 11.1. The molecular weight excluding hydrogens is 264 g/mol. The number of amides is 3. The first kappa shape index (κ1) is 15.4. The molecule has 0 saturated heterocycles. The molecule has 0 atom stereocenters. The molecule has 0 spiro atoms. The van der Waals surface area contributed by atoms with E-state index in [0.29, 0.717) is 5.69 Å². The van der Waals surface area contributed by atoms with Crippen LogP contribution < -0.4 is 16.0 Å². The molecule has 1 rings (SSSR count). The van der Waals surface area contributed by atoms with E-state index in [9.17, 15) is 14.4 Å². The summed E-state index contributed by atoms with van der Waals surface area (Å²) in [5.74, 6) is -1.44. The topological polar surface area (TPSA) is 120 Å². The summed E-state index contributed by atoms with van der Waals surface area (Å²) in [6, 6.07) is 2.10. The Hall–Kier alpha value is -2.64. The fraction of sp³-hybridized carbons (Fsp3) is 0.333. The summed E-state index contributed by atoms with van der Waals surface area (Å²) in [5.41, 5.74) is 0.212. The third-order valence-corrected chi connectivity index (χ3v) is 2.10. The summed E-state index contributed by atoms with van der Waals surface area (Å²) in [5, 5.41) is 16.1. The number of nitrogens with one attached hydrogen (secondary N) is 3. The lowest BCUT2D eigenvalue weighted by molar-refractivity contribution is -0.120. The molecule has 0 aromatic carbocycles. The second-order valence-corrected chi connectivity index (χ2v) is 4.27. The normalized spacial score (nSPS) is 9.95. The molecule has 1 aromatic rings. The van der Waals surface area contributed by atoms with E-state index < -0.39 is 12.0 Å². The number of hydrogen-bond acceptors (Lipinski definition) is 4. The van der Waals surface area contributed by atoms with Gasteiger partial charge in [-0.05, 0) is 26.0 Å². The van der Waals surface area contributed by atoms with Crippen molar-refractivity contribution < 1.29 is 19.5 Å². The molecule has 0 bridgehead atoms. The summed E-state index contributed by atoms with van der Waals surface area (Å²) in [6.07, 6.45) is 1.22. The van der Waals surface area contributed by atoms with E-state index in [1.54, 1.807) is 0 Å². The van der Waals surface area contributed by atoms with Crippen molar-refractivity contribution in [2.24, 2.45) is 0 Å². The molecule has 8 heteroatoms. The van der Waals surface area contributed by atoms with Gasteiger partial charge in [-0.1, -0.05) is 0 Å². The van der Waals surface area contributed by atoms with Crippen LogP contribution in [0.5, 0.6) is 0 Å². The third kappa shape index (κ3) is 5.34. The van der Waals surface area contributed by atoms with Crippen molar-refractivity contribution in [2.75, 3.05) is 11.9 Å². The number of nitrogens with zero attached hydrogens (tertiary/aromatic N) is 1. The second kappa shape index (κ2) is 7.07. The summed E-state index contributed by atoms with van der Waals surface area (Å²) < 4.78 is 0. The number of aromatic carboxylic acids is 1. The number of carboxylic acids is 1. The van der Waals surface area contributed by atoms with Crippen molar-refractivity contribution >= 4 is 23.6 Å². The van der Waals surface area contributed by atoms with Gasteiger partial charge in [-0.25, -0.2) is 14.6 Å². The minimum atomic E-state index is -1.15. The molecule has 0 radical (unpaired) electrons. The van der Waals surface area contributed by atoms with Crippen LogP contribution in [0.2, 0.25) is 0 Å². The molecule has 0 aliphatic rings. The fourth-order valence-electron chi connectivity index (χ4n) is 1.30. The van der Waals surface area contributed by atoms with Crippen LogP contribution in [0.15, 0.2) is 18.3 Å². The molecule has 8 nitrogen and oxygen atoms in total. The number of urea groups is 1. The monoisotopic (exact) mass is 280 g/mol. The van der Waals surface area contributed by atoms with Gasteiger partial charge < -0.3 is 21.1 Å². The number of anilines is 1. The van der Waals surface area contributed by atoms with Gasteiger partial charge in [0, 0.05) is 6.04 Å². The fourth-order valence-corrected chi connectivity index (χ4v) is 1.30. The molecule has 108 valence electrons. The van der Waals surface area contributed by atoms with Crippen LogP contribution >= 0.6 is 0 Å². The van der Waals surface area contributed by atoms with E-state index in [1.807, 2.05) is 13.8 Å². The molecule has 1 heterocycles. The highest BCUT2D eigenvalue weighted by Crippen LogP contribution is 2.05. The zero-order chi connectivity index (χ0) is 15.1. The maximum atomic E-state index is 11.5. The van der Waals surface area contributed by atoms with Gasteiger partial charge in [0.05, 0.1) is 18.4 Å². The van der Waals surface area contributed by atoms with E-state index in [1.165, 1.54) is 18.3 Å². The van der Waals surface area contributed by atoms with E-state index in [-0.39, 0.29) is 24.2 Å². The molecule has 0 saturated carbocycles. The summed E-state index contributed by atoms with van der Waals surface area (Å²) in [7, 11) is 0. The third-order valence-electron chi connectivity index (χ3n) is 2.10. The smallest absolute Gasteiger partial charge is 0.354 e. The van der Waals surface area contributed by atoms with Gasteiger partial charge in [0.15, 0.2) is 0 Å². The quantitative estimate of drug-likeness (QED) is 0.623. The SMILES string of the molecule is CC(C)NC(=O)CNC(=O)Nc1ccc(C(=O)O)nc1. The molecule has 4 N–H and O–H groups in total. The van der Waals surface area contributed by atoms with Gasteiger partial charge in [0.1, 0.15) is 5.69 Å². The van der Waals surface area contributed by atoms with E-state index in [0.717, 1.165) is 0 Å². The van der Waals surface area contributed by atoms with Crippen LogP contribution in [0.1, 0.15) is 24.3 Å². The highest BCUT2D eigenvalue weighted by Gasteiger charge is 2.08. The number of pyridine rings is 1. The average Bonchev–Trinajstić information content (AvgIpc) is 2.36.